The fourth-order valence-electron chi connectivity index (χ4n) is 5.28. The lowest BCUT2D eigenvalue weighted by molar-refractivity contribution is -0.914. The van der Waals surface area contributed by atoms with Crippen molar-refractivity contribution in [2.75, 3.05) is 26.4 Å². The van der Waals surface area contributed by atoms with E-state index < -0.39 is 16.4 Å². The molecule has 0 bridgehead atoms. The molecule has 5 heteroatoms. The highest BCUT2D eigenvalue weighted by Crippen LogP contribution is 2.24. The third kappa shape index (κ3) is 9.43. The molecule has 1 aromatic carbocycles. The molecule has 0 amide bonds. The quantitative estimate of drug-likeness (QED) is 0.155. The Balaban J connectivity index is 0.00000450. The summed E-state index contributed by atoms with van der Waals surface area (Å²) < 4.78 is 7.72. The minimum atomic E-state index is -1.51. The zero-order valence-corrected chi connectivity index (χ0v) is 24.9. The van der Waals surface area contributed by atoms with Crippen LogP contribution in [0.5, 0.6) is 0 Å². The summed E-state index contributed by atoms with van der Waals surface area (Å²) in [5.41, 5.74) is 1.59. The summed E-state index contributed by atoms with van der Waals surface area (Å²) in [6, 6.07) is 10.5. The third-order valence-corrected chi connectivity index (χ3v) is 12.9. The van der Waals surface area contributed by atoms with Crippen LogP contribution in [-0.2, 0) is 11.0 Å². The van der Waals surface area contributed by atoms with Crippen LogP contribution in [-0.4, -0.2) is 47.2 Å². The average molecular weight is 562 g/mol. The second-order valence-electron chi connectivity index (χ2n) is 11.0. The first-order chi connectivity index (χ1) is 13.7. The number of fused-ring (bicyclic) bond motifs is 1. The third-order valence-electron chi connectivity index (χ3n) is 6.83. The summed E-state index contributed by atoms with van der Waals surface area (Å²) in [4.78, 5) is 0. The van der Waals surface area contributed by atoms with Gasteiger partial charge in [0, 0.05) is 5.56 Å². The predicted octanol–water partition coefficient (Wildman–Crippen LogP) is 3.47. The summed E-state index contributed by atoms with van der Waals surface area (Å²) in [6.45, 7) is 15.5. The molecular weight excluding hydrogens is 513 g/mol. The van der Waals surface area contributed by atoms with Crippen LogP contribution in [0, 0.1) is 0 Å². The van der Waals surface area contributed by atoms with Crippen LogP contribution in [0.25, 0.3) is 0 Å². The van der Waals surface area contributed by atoms with Crippen LogP contribution >= 0.6 is 0 Å². The van der Waals surface area contributed by atoms with Crippen molar-refractivity contribution in [1.29, 1.82) is 0 Å². The number of nitrogens with zero attached hydrogens (tertiary/aromatic N) is 1. The molecule has 1 aliphatic rings. The monoisotopic (exact) mass is 561 g/mol. The van der Waals surface area contributed by atoms with Gasteiger partial charge in [-0.25, -0.2) is 0 Å². The zero-order valence-electron chi connectivity index (χ0n) is 20.7. The molecule has 0 fully saturated rings. The van der Waals surface area contributed by atoms with E-state index in [1.54, 1.807) is 10.8 Å². The maximum Gasteiger partial charge on any atom is 0.187 e. The highest BCUT2D eigenvalue weighted by Gasteiger charge is 2.41. The standard InChI is InChI=1S/C25H48NOSi2.HI/c1-7-8-9-10-11-12-13-16-21-29(5,6)27-20-19-26(2)22-24-17-14-15-18-25(24)28(3,4)23-26;/h14-15,17-18H,7-13,16,19-23H2,1-6H3;1H/q+1;/p-1. The molecular formula is C25H48INOSi2. The van der Waals surface area contributed by atoms with Crippen molar-refractivity contribution in [3.63, 3.8) is 0 Å². The molecule has 1 aromatic rings. The number of likely N-dealkylation sites (N-methyl/N-ethyl adjacent to an activating group) is 1. The SMILES string of the molecule is CCCCCCCCCC[Si](C)(C)OCC[N+]1(C)Cc2ccccc2[Si](C)(C)C1.[I-]. The molecule has 30 heavy (non-hydrogen) atoms. The van der Waals surface area contributed by atoms with E-state index in [0.717, 1.165) is 6.61 Å². The number of rotatable bonds is 13. The van der Waals surface area contributed by atoms with Gasteiger partial charge >= 0.3 is 0 Å². The van der Waals surface area contributed by atoms with E-state index in [9.17, 15) is 0 Å². The molecule has 1 aliphatic heterocycles. The van der Waals surface area contributed by atoms with Crippen molar-refractivity contribution < 1.29 is 32.9 Å². The zero-order chi connectivity index (χ0) is 21.4. The molecule has 2 rings (SSSR count). The molecule has 1 unspecified atom stereocenters. The molecule has 2 nitrogen and oxygen atoms in total. The lowest BCUT2D eigenvalue weighted by Gasteiger charge is -2.45. The lowest BCUT2D eigenvalue weighted by Crippen LogP contribution is -3.00. The molecule has 0 spiro atoms. The van der Waals surface area contributed by atoms with Gasteiger partial charge in [0.2, 0.25) is 0 Å². The van der Waals surface area contributed by atoms with E-state index in [1.807, 2.05) is 0 Å². The van der Waals surface area contributed by atoms with E-state index in [2.05, 4.69) is 64.4 Å². The second kappa shape index (κ2) is 13.1. The topological polar surface area (TPSA) is 9.23 Å². The highest BCUT2D eigenvalue weighted by molar-refractivity contribution is 6.90. The Morgan fingerprint density at radius 1 is 0.967 bits per heavy atom. The summed E-state index contributed by atoms with van der Waals surface area (Å²) >= 11 is 0. The molecule has 0 N–H and O–H groups in total. The van der Waals surface area contributed by atoms with Crippen molar-refractivity contribution in [3.8, 4) is 0 Å². The van der Waals surface area contributed by atoms with Crippen LogP contribution in [0.2, 0.25) is 32.2 Å². The normalized spacial score (nSPS) is 20.5. The lowest BCUT2D eigenvalue weighted by atomic mass is 10.1. The van der Waals surface area contributed by atoms with E-state index >= 15 is 0 Å². The number of unbranched alkanes of at least 4 members (excludes halogenated alkanes) is 7. The summed E-state index contributed by atoms with van der Waals surface area (Å²) in [5.74, 6) is 0. The Morgan fingerprint density at radius 2 is 1.57 bits per heavy atom. The minimum absolute atomic E-state index is 0. The first-order valence-electron chi connectivity index (χ1n) is 12.2. The first kappa shape index (κ1) is 28.3. The van der Waals surface area contributed by atoms with Crippen LogP contribution in [0.3, 0.4) is 0 Å². The van der Waals surface area contributed by atoms with Gasteiger partial charge in [-0.15, -0.1) is 0 Å². The van der Waals surface area contributed by atoms with Crippen LogP contribution in [0.4, 0.5) is 0 Å². The number of hydrogen-bond donors (Lipinski definition) is 0. The average Bonchev–Trinajstić information content (AvgIpc) is 2.63. The summed E-state index contributed by atoms with van der Waals surface area (Å²) in [7, 11) is -0.406. The summed E-state index contributed by atoms with van der Waals surface area (Å²) in [6.07, 6.45) is 12.6. The second-order valence-corrected chi connectivity index (χ2v) is 20.0. The van der Waals surface area contributed by atoms with Gasteiger partial charge in [0.15, 0.2) is 8.32 Å². The predicted molar refractivity (Wildman–Crippen MR) is 134 cm³/mol. The number of hydrogen-bond acceptors (Lipinski definition) is 1. The van der Waals surface area contributed by atoms with Crippen molar-refractivity contribution in [3.05, 3.63) is 29.8 Å². The maximum atomic E-state index is 6.55. The highest BCUT2D eigenvalue weighted by atomic mass is 127. The van der Waals surface area contributed by atoms with Gasteiger partial charge in [0.1, 0.15) is 21.2 Å². The van der Waals surface area contributed by atoms with Crippen LogP contribution in [0.15, 0.2) is 24.3 Å². The Bertz CT molecular complexity index is 623. The molecule has 0 saturated carbocycles. The number of quaternary nitrogens is 1. The molecule has 174 valence electrons. The van der Waals surface area contributed by atoms with Gasteiger partial charge in [0.25, 0.3) is 0 Å². The smallest absolute Gasteiger partial charge is 0.187 e. The summed E-state index contributed by atoms with van der Waals surface area (Å²) in [5, 5.41) is 1.68. The molecule has 0 saturated heterocycles. The fraction of sp³-hybridized carbons (Fsp3) is 0.760. The van der Waals surface area contributed by atoms with Crippen LogP contribution < -0.4 is 29.2 Å². The van der Waals surface area contributed by atoms with E-state index in [0.29, 0.717) is 0 Å². The van der Waals surface area contributed by atoms with Gasteiger partial charge in [-0.2, -0.15) is 0 Å². The minimum Gasteiger partial charge on any atom is -1.00 e. The van der Waals surface area contributed by atoms with Gasteiger partial charge in [-0.3, -0.25) is 0 Å². The molecule has 1 heterocycles. The molecule has 0 aromatic heterocycles. The van der Waals surface area contributed by atoms with Gasteiger partial charge in [-0.05, 0) is 24.3 Å². The van der Waals surface area contributed by atoms with Gasteiger partial charge in [0.05, 0.1) is 19.8 Å². The molecule has 0 radical (unpaired) electrons. The fourth-order valence-corrected chi connectivity index (χ4v) is 11.1. The van der Waals surface area contributed by atoms with E-state index in [4.69, 9.17) is 4.43 Å². The van der Waals surface area contributed by atoms with E-state index in [1.165, 1.54) is 81.2 Å². The van der Waals surface area contributed by atoms with Crippen molar-refractivity contribution in [2.45, 2.75) is 97.1 Å². The largest absolute Gasteiger partial charge is 1.00 e. The molecule has 1 atom stereocenters. The first-order valence-corrected chi connectivity index (χ1v) is 18.6. The van der Waals surface area contributed by atoms with E-state index in [-0.39, 0.29) is 24.0 Å². The van der Waals surface area contributed by atoms with Crippen molar-refractivity contribution in [2.24, 2.45) is 0 Å². The number of benzene rings is 1. The van der Waals surface area contributed by atoms with Crippen molar-refractivity contribution >= 4 is 21.6 Å². The number of halogens is 1. The Morgan fingerprint density at radius 3 is 2.23 bits per heavy atom. The van der Waals surface area contributed by atoms with Gasteiger partial charge in [-0.1, -0.05) is 95.6 Å². The molecule has 0 aliphatic carbocycles. The van der Waals surface area contributed by atoms with Crippen LogP contribution in [0.1, 0.15) is 63.9 Å². The van der Waals surface area contributed by atoms with Crippen molar-refractivity contribution in [1.82, 2.24) is 0 Å². The van der Waals surface area contributed by atoms with Gasteiger partial charge < -0.3 is 32.9 Å². The Kier molecular flexibility index (Phi) is 12.4. The Hall–Kier alpha value is 0.304. The Labute approximate surface area is 206 Å². The maximum absolute atomic E-state index is 6.55.